The predicted octanol–water partition coefficient (Wildman–Crippen LogP) is 5.74. The molecule has 0 aliphatic heterocycles. The lowest BCUT2D eigenvalue weighted by Crippen LogP contribution is -2.18. The van der Waals surface area contributed by atoms with E-state index in [4.69, 9.17) is 9.47 Å². The molecule has 0 aliphatic rings. The first-order valence-electron chi connectivity index (χ1n) is 10.3. The first kappa shape index (κ1) is 24.2. The number of amides is 1. The van der Waals surface area contributed by atoms with Crippen LogP contribution in [0.2, 0.25) is 0 Å². The lowest BCUT2D eigenvalue weighted by molar-refractivity contribution is 0.0729. The largest absolute Gasteiger partial charge is 0.493 e. The molecule has 3 aromatic carbocycles. The van der Waals surface area contributed by atoms with E-state index in [0.717, 1.165) is 10.0 Å². The third-order valence-corrected chi connectivity index (χ3v) is 5.34. The van der Waals surface area contributed by atoms with Gasteiger partial charge < -0.3 is 9.47 Å². The standard InChI is InChI=1S/C26H25BrN2O4/c1-26(2,3)20-11-9-18(10-12-20)24(30)29-28-16-17-8-13-22(23(14-17)32-4)33-25(31)19-6-5-7-21(27)15-19/h5-16H,1-4H3,(H,29,30)/b28-16-. The fourth-order valence-electron chi connectivity index (χ4n) is 2.97. The van der Waals surface area contributed by atoms with Crippen LogP contribution in [0, 0.1) is 0 Å². The Kier molecular flexibility index (Phi) is 7.66. The average molecular weight is 509 g/mol. The number of hydrazone groups is 1. The summed E-state index contributed by atoms with van der Waals surface area (Å²) in [7, 11) is 1.48. The van der Waals surface area contributed by atoms with E-state index in [9.17, 15) is 9.59 Å². The van der Waals surface area contributed by atoms with Gasteiger partial charge in [-0.15, -0.1) is 0 Å². The summed E-state index contributed by atoms with van der Waals surface area (Å²) >= 11 is 3.34. The van der Waals surface area contributed by atoms with Crippen LogP contribution in [0.3, 0.4) is 0 Å². The molecule has 33 heavy (non-hydrogen) atoms. The molecule has 3 rings (SSSR count). The quantitative estimate of drug-likeness (QED) is 0.199. The van der Waals surface area contributed by atoms with Gasteiger partial charge in [-0.3, -0.25) is 4.79 Å². The van der Waals surface area contributed by atoms with Gasteiger partial charge in [0.15, 0.2) is 11.5 Å². The highest BCUT2D eigenvalue weighted by Gasteiger charge is 2.15. The van der Waals surface area contributed by atoms with Gasteiger partial charge in [0.1, 0.15) is 0 Å². The summed E-state index contributed by atoms with van der Waals surface area (Å²) in [6, 6.07) is 19.4. The Hall–Kier alpha value is -3.45. The summed E-state index contributed by atoms with van der Waals surface area (Å²) in [5.41, 5.74) is 5.28. The molecule has 0 aromatic heterocycles. The van der Waals surface area contributed by atoms with Crippen molar-refractivity contribution in [1.82, 2.24) is 5.43 Å². The van der Waals surface area contributed by atoms with Gasteiger partial charge in [0.2, 0.25) is 0 Å². The molecule has 170 valence electrons. The first-order chi connectivity index (χ1) is 15.7. The van der Waals surface area contributed by atoms with Crippen molar-refractivity contribution in [3.63, 3.8) is 0 Å². The van der Waals surface area contributed by atoms with Crippen molar-refractivity contribution < 1.29 is 19.1 Å². The van der Waals surface area contributed by atoms with Crippen LogP contribution >= 0.6 is 15.9 Å². The molecule has 0 spiro atoms. The second-order valence-electron chi connectivity index (χ2n) is 8.34. The van der Waals surface area contributed by atoms with Crippen LogP contribution in [0.4, 0.5) is 0 Å². The van der Waals surface area contributed by atoms with Crippen molar-refractivity contribution in [2.75, 3.05) is 7.11 Å². The summed E-state index contributed by atoms with van der Waals surface area (Å²) in [6.45, 7) is 6.36. The molecule has 3 aromatic rings. The Balaban J connectivity index is 1.65. The molecule has 0 saturated heterocycles. The highest BCUT2D eigenvalue weighted by atomic mass is 79.9. The minimum atomic E-state index is -0.499. The topological polar surface area (TPSA) is 77.0 Å². The van der Waals surface area contributed by atoms with E-state index in [1.165, 1.54) is 13.3 Å². The van der Waals surface area contributed by atoms with E-state index in [1.807, 2.05) is 18.2 Å². The van der Waals surface area contributed by atoms with Gasteiger partial charge in [-0.25, -0.2) is 10.2 Å². The zero-order chi connectivity index (χ0) is 24.0. The number of carbonyl (C=O) groups excluding carboxylic acids is 2. The Morgan fingerprint density at radius 2 is 1.67 bits per heavy atom. The maximum atomic E-state index is 12.4. The SMILES string of the molecule is COc1cc(/C=N\NC(=O)c2ccc(C(C)(C)C)cc2)ccc1OC(=O)c1cccc(Br)c1. The van der Waals surface area contributed by atoms with Crippen LogP contribution in [-0.2, 0) is 5.41 Å². The van der Waals surface area contributed by atoms with Crippen molar-refractivity contribution in [2.45, 2.75) is 26.2 Å². The zero-order valence-electron chi connectivity index (χ0n) is 18.9. The maximum Gasteiger partial charge on any atom is 0.343 e. The van der Waals surface area contributed by atoms with Gasteiger partial charge in [-0.05, 0) is 65.1 Å². The number of ether oxygens (including phenoxy) is 2. The number of benzene rings is 3. The second-order valence-corrected chi connectivity index (χ2v) is 9.25. The molecule has 0 unspecified atom stereocenters. The summed E-state index contributed by atoms with van der Waals surface area (Å²) in [5, 5.41) is 4.02. The molecule has 0 heterocycles. The summed E-state index contributed by atoms with van der Waals surface area (Å²) in [4.78, 5) is 24.7. The number of hydrogen-bond donors (Lipinski definition) is 1. The second kappa shape index (κ2) is 10.4. The number of methoxy groups -OCH3 is 1. The summed E-state index contributed by atoms with van der Waals surface area (Å²) in [5.74, 6) is -0.159. The number of halogens is 1. The molecule has 0 radical (unpaired) electrons. The number of carbonyl (C=O) groups is 2. The van der Waals surface area contributed by atoms with Crippen molar-refractivity contribution in [3.05, 3.63) is 93.5 Å². The normalized spacial score (nSPS) is 11.3. The van der Waals surface area contributed by atoms with Gasteiger partial charge in [-0.2, -0.15) is 5.10 Å². The summed E-state index contributed by atoms with van der Waals surface area (Å²) in [6.07, 6.45) is 1.49. The van der Waals surface area contributed by atoms with Crippen molar-refractivity contribution in [3.8, 4) is 11.5 Å². The molecule has 1 N–H and O–H groups in total. The van der Waals surface area contributed by atoms with Crippen LogP contribution in [0.25, 0.3) is 0 Å². The molecule has 0 aliphatic carbocycles. The number of hydrogen-bond acceptors (Lipinski definition) is 5. The van der Waals surface area contributed by atoms with E-state index >= 15 is 0 Å². The Labute approximate surface area is 201 Å². The number of rotatable bonds is 6. The molecule has 6 nitrogen and oxygen atoms in total. The molecule has 0 bridgehead atoms. The molecular formula is C26H25BrN2O4. The molecule has 0 atom stereocenters. The lowest BCUT2D eigenvalue weighted by atomic mass is 9.87. The van der Waals surface area contributed by atoms with E-state index < -0.39 is 5.97 Å². The fourth-order valence-corrected chi connectivity index (χ4v) is 3.37. The lowest BCUT2D eigenvalue weighted by Gasteiger charge is -2.18. The molecule has 0 saturated carbocycles. The van der Waals surface area contributed by atoms with Crippen LogP contribution in [0.1, 0.15) is 52.6 Å². The van der Waals surface area contributed by atoms with Gasteiger partial charge >= 0.3 is 5.97 Å². The minimum absolute atomic E-state index is 0.0185. The number of esters is 1. The van der Waals surface area contributed by atoms with Gasteiger partial charge in [0, 0.05) is 10.0 Å². The highest BCUT2D eigenvalue weighted by Crippen LogP contribution is 2.28. The maximum absolute atomic E-state index is 12.4. The minimum Gasteiger partial charge on any atom is -0.493 e. The van der Waals surface area contributed by atoms with Crippen molar-refractivity contribution in [1.29, 1.82) is 0 Å². The molecule has 1 amide bonds. The van der Waals surface area contributed by atoms with Crippen LogP contribution in [0.5, 0.6) is 11.5 Å². The highest BCUT2D eigenvalue weighted by molar-refractivity contribution is 9.10. The number of nitrogens with zero attached hydrogens (tertiary/aromatic N) is 1. The Bertz CT molecular complexity index is 1180. The Morgan fingerprint density at radius 3 is 2.30 bits per heavy atom. The van der Waals surface area contributed by atoms with E-state index in [2.05, 4.69) is 47.2 Å². The van der Waals surface area contributed by atoms with Crippen molar-refractivity contribution >= 4 is 34.0 Å². The van der Waals surface area contributed by atoms with Crippen LogP contribution < -0.4 is 14.9 Å². The average Bonchev–Trinajstić information content (AvgIpc) is 2.79. The van der Waals surface area contributed by atoms with Crippen LogP contribution in [-0.4, -0.2) is 25.2 Å². The fraction of sp³-hybridized carbons (Fsp3) is 0.192. The van der Waals surface area contributed by atoms with Crippen molar-refractivity contribution in [2.24, 2.45) is 5.10 Å². The number of nitrogens with one attached hydrogen (secondary N) is 1. The van der Waals surface area contributed by atoms with Gasteiger partial charge in [0.25, 0.3) is 5.91 Å². The zero-order valence-corrected chi connectivity index (χ0v) is 20.5. The molecule has 7 heteroatoms. The van der Waals surface area contributed by atoms with E-state index in [0.29, 0.717) is 22.4 Å². The third-order valence-electron chi connectivity index (χ3n) is 4.84. The van der Waals surface area contributed by atoms with Crippen LogP contribution in [0.15, 0.2) is 76.3 Å². The van der Waals surface area contributed by atoms with Gasteiger partial charge in [0.05, 0.1) is 18.9 Å². The third kappa shape index (κ3) is 6.52. The Morgan fingerprint density at radius 1 is 0.939 bits per heavy atom. The predicted molar refractivity (Wildman–Crippen MR) is 132 cm³/mol. The monoisotopic (exact) mass is 508 g/mol. The van der Waals surface area contributed by atoms with Gasteiger partial charge in [-0.1, -0.05) is 54.9 Å². The van der Waals surface area contributed by atoms with E-state index in [-0.39, 0.29) is 17.1 Å². The van der Waals surface area contributed by atoms with E-state index in [1.54, 1.807) is 48.5 Å². The first-order valence-corrected chi connectivity index (χ1v) is 11.1. The molecule has 0 fully saturated rings. The molecular weight excluding hydrogens is 484 g/mol. The summed E-state index contributed by atoms with van der Waals surface area (Å²) < 4.78 is 11.6. The smallest absolute Gasteiger partial charge is 0.343 e.